The first-order valence-electron chi connectivity index (χ1n) is 6.80. The number of piperazine rings is 1. The van der Waals surface area contributed by atoms with E-state index in [0.717, 1.165) is 31.3 Å². The molecule has 1 fully saturated rings. The van der Waals surface area contributed by atoms with E-state index in [9.17, 15) is 0 Å². The van der Waals surface area contributed by atoms with Crippen molar-refractivity contribution in [1.29, 1.82) is 0 Å². The molecule has 106 valence electrons. The summed E-state index contributed by atoms with van der Waals surface area (Å²) in [6.45, 7) is 11.6. The molecule has 0 bridgehead atoms. The summed E-state index contributed by atoms with van der Waals surface area (Å²) in [4.78, 5) is 13.6. The van der Waals surface area contributed by atoms with Gasteiger partial charge in [0.2, 0.25) is 0 Å². The molecule has 0 aromatic carbocycles. The minimum absolute atomic E-state index is 0.146. The van der Waals surface area contributed by atoms with Crippen molar-refractivity contribution in [2.45, 2.75) is 39.2 Å². The van der Waals surface area contributed by atoms with Crippen molar-refractivity contribution in [2.75, 3.05) is 31.6 Å². The molecular formula is C14H23ClN4. The second-order valence-corrected chi connectivity index (χ2v) is 6.60. The molecule has 2 heterocycles. The lowest BCUT2D eigenvalue weighted by Gasteiger charge is -2.45. The molecule has 19 heavy (non-hydrogen) atoms. The third-order valence-electron chi connectivity index (χ3n) is 3.86. The van der Waals surface area contributed by atoms with E-state index in [1.807, 2.05) is 6.07 Å². The second kappa shape index (κ2) is 5.25. The van der Waals surface area contributed by atoms with E-state index in [1.54, 1.807) is 0 Å². The van der Waals surface area contributed by atoms with E-state index >= 15 is 0 Å². The van der Waals surface area contributed by atoms with Crippen molar-refractivity contribution < 1.29 is 0 Å². The van der Waals surface area contributed by atoms with E-state index < -0.39 is 0 Å². The van der Waals surface area contributed by atoms with Crippen LogP contribution in [-0.4, -0.2) is 47.1 Å². The van der Waals surface area contributed by atoms with E-state index in [4.69, 9.17) is 11.6 Å². The Labute approximate surface area is 120 Å². The molecule has 1 aliphatic heterocycles. The second-order valence-electron chi connectivity index (χ2n) is 6.22. The molecule has 0 N–H and O–H groups in total. The summed E-state index contributed by atoms with van der Waals surface area (Å²) in [5, 5.41) is 0.533. The normalized spacial score (nSPS) is 20.1. The first-order valence-corrected chi connectivity index (χ1v) is 7.18. The predicted molar refractivity (Wildman–Crippen MR) is 80.1 cm³/mol. The zero-order chi connectivity index (χ0) is 14.2. The number of aromatic nitrogens is 2. The Balaban J connectivity index is 2.27. The van der Waals surface area contributed by atoms with Gasteiger partial charge in [0.25, 0.3) is 0 Å². The molecule has 1 saturated heterocycles. The van der Waals surface area contributed by atoms with Crippen molar-refractivity contribution >= 4 is 17.4 Å². The Morgan fingerprint density at radius 1 is 1.26 bits per heavy atom. The number of halogens is 1. The maximum atomic E-state index is 6.12. The predicted octanol–water partition coefficient (Wildman–Crippen LogP) is 2.78. The van der Waals surface area contributed by atoms with Gasteiger partial charge in [0.15, 0.2) is 0 Å². The fraction of sp³-hybridized carbons (Fsp3) is 0.714. The molecule has 1 aliphatic rings. The van der Waals surface area contributed by atoms with Crippen LogP contribution in [0.3, 0.4) is 0 Å². The highest BCUT2D eigenvalue weighted by molar-refractivity contribution is 6.29. The number of likely N-dealkylation sites (N-methyl/N-ethyl adjacent to an activating group) is 1. The van der Waals surface area contributed by atoms with Gasteiger partial charge in [-0.05, 0) is 20.9 Å². The zero-order valence-corrected chi connectivity index (χ0v) is 13.2. The zero-order valence-electron chi connectivity index (χ0n) is 12.4. The Morgan fingerprint density at radius 2 is 1.95 bits per heavy atom. The smallest absolute Gasteiger partial charge is 0.135 e. The summed E-state index contributed by atoms with van der Waals surface area (Å²) in [6, 6.07) is 1.87. The lowest BCUT2D eigenvalue weighted by atomic mass is 10.00. The molecule has 0 radical (unpaired) electrons. The molecule has 0 atom stereocenters. The molecule has 0 aliphatic carbocycles. The first-order chi connectivity index (χ1) is 8.79. The van der Waals surface area contributed by atoms with Crippen LogP contribution in [0.25, 0.3) is 0 Å². The molecule has 2 rings (SSSR count). The van der Waals surface area contributed by atoms with Gasteiger partial charge in [-0.25, -0.2) is 9.97 Å². The van der Waals surface area contributed by atoms with E-state index in [-0.39, 0.29) is 11.5 Å². The maximum absolute atomic E-state index is 6.12. The van der Waals surface area contributed by atoms with Gasteiger partial charge >= 0.3 is 0 Å². The lowest BCUT2D eigenvalue weighted by Crippen LogP contribution is -2.57. The topological polar surface area (TPSA) is 32.3 Å². The number of rotatable bonds is 2. The molecule has 0 amide bonds. The van der Waals surface area contributed by atoms with Crippen molar-refractivity contribution in [3.63, 3.8) is 0 Å². The van der Waals surface area contributed by atoms with Gasteiger partial charge in [0.1, 0.15) is 16.8 Å². The summed E-state index contributed by atoms with van der Waals surface area (Å²) in [5.74, 6) is 2.06. The minimum Gasteiger partial charge on any atom is -0.353 e. The van der Waals surface area contributed by atoms with Gasteiger partial charge in [-0.2, -0.15) is 0 Å². The van der Waals surface area contributed by atoms with Crippen LogP contribution in [0, 0.1) is 0 Å². The summed E-state index contributed by atoms with van der Waals surface area (Å²) >= 11 is 6.12. The van der Waals surface area contributed by atoms with Crippen LogP contribution in [0.4, 0.5) is 5.82 Å². The summed E-state index contributed by atoms with van der Waals surface area (Å²) in [6.07, 6.45) is 0. The van der Waals surface area contributed by atoms with Crippen molar-refractivity contribution in [3.8, 4) is 0 Å². The quantitative estimate of drug-likeness (QED) is 0.781. The van der Waals surface area contributed by atoms with E-state index in [1.165, 1.54) is 0 Å². The van der Waals surface area contributed by atoms with Crippen LogP contribution in [0.2, 0.25) is 5.15 Å². The number of hydrogen-bond acceptors (Lipinski definition) is 4. The lowest BCUT2D eigenvalue weighted by molar-refractivity contribution is 0.138. The van der Waals surface area contributed by atoms with Gasteiger partial charge in [-0.1, -0.05) is 25.4 Å². The summed E-state index contributed by atoms with van der Waals surface area (Å²) in [7, 11) is 2.17. The van der Waals surface area contributed by atoms with Gasteiger partial charge in [-0.15, -0.1) is 0 Å². The van der Waals surface area contributed by atoms with Gasteiger partial charge < -0.3 is 4.90 Å². The Bertz CT molecular complexity index is 459. The van der Waals surface area contributed by atoms with Crippen LogP contribution in [0.5, 0.6) is 0 Å². The first kappa shape index (κ1) is 14.5. The monoisotopic (exact) mass is 282 g/mol. The highest BCUT2D eigenvalue weighted by Crippen LogP contribution is 2.25. The highest BCUT2D eigenvalue weighted by Gasteiger charge is 2.31. The van der Waals surface area contributed by atoms with Crippen LogP contribution in [-0.2, 0) is 0 Å². The largest absolute Gasteiger partial charge is 0.353 e. The molecule has 4 nitrogen and oxygen atoms in total. The molecule has 1 aromatic heterocycles. The Morgan fingerprint density at radius 3 is 2.53 bits per heavy atom. The van der Waals surface area contributed by atoms with E-state index in [0.29, 0.717) is 5.15 Å². The van der Waals surface area contributed by atoms with E-state index in [2.05, 4.69) is 54.5 Å². The average molecular weight is 283 g/mol. The third kappa shape index (κ3) is 3.18. The summed E-state index contributed by atoms with van der Waals surface area (Å²) < 4.78 is 0. The molecule has 1 aromatic rings. The van der Waals surface area contributed by atoms with Crippen LogP contribution >= 0.6 is 11.6 Å². The SMILES string of the molecule is CC(C)c1nc(Cl)cc(N2CCN(C)C(C)(C)C2)n1. The molecule has 0 unspecified atom stereocenters. The number of anilines is 1. The van der Waals surface area contributed by atoms with Crippen molar-refractivity contribution in [2.24, 2.45) is 0 Å². The standard InChI is InChI=1S/C14H23ClN4/c1-10(2)13-16-11(15)8-12(17-13)19-7-6-18(5)14(3,4)9-19/h8,10H,6-7,9H2,1-5H3. The number of nitrogens with zero attached hydrogens (tertiary/aromatic N) is 4. The van der Waals surface area contributed by atoms with Crippen LogP contribution < -0.4 is 4.90 Å². The molecule has 5 heteroatoms. The van der Waals surface area contributed by atoms with Crippen LogP contribution in [0.15, 0.2) is 6.07 Å². The average Bonchev–Trinajstić information content (AvgIpc) is 2.31. The fourth-order valence-electron chi connectivity index (χ4n) is 2.28. The minimum atomic E-state index is 0.146. The third-order valence-corrected chi connectivity index (χ3v) is 4.05. The van der Waals surface area contributed by atoms with Gasteiger partial charge in [0, 0.05) is 37.2 Å². The van der Waals surface area contributed by atoms with Crippen LogP contribution in [0.1, 0.15) is 39.4 Å². The van der Waals surface area contributed by atoms with Gasteiger partial charge in [-0.3, -0.25) is 4.90 Å². The van der Waals surface area contributed by atoms with Gasteiger partial charge in [0.05, 0.1) is 0 Å². The fourth-order valence-corrected chi connectivity index (χ4v) is 2.46. The van der Waals surface area contributed by atoms with Crippen molar-refractivity contribution in [3.05, 3.63) is 17.0 Å². The Kier molecular flexibility index (Phi) is 4.02. The molecule has 0 spiro atoms. The maximum Gasteiger partial charge on any atom is 0.135 e. The Hall–Kier alpha value is -0.870. The molecular weight excluding hydrogens is 260 g/mol. The highest BCUT2D eigenvalue weighted by atomic mass is 35.5. The summed E-state index contributed by atoms with van der Waals surface area (Å²) in [5.41, 5.74) is 0.146. The number of hydrogen-bond donors (Lipinski definition) is 0. The molecule has 0 saturated carbocycles. The van der Waals surface area contributed by atoms with Crippen molar-refractivity contribution in [1.82, 2.24) is 14.9 Å².